The Bertz CT molecular complexity index is 1540. The van der Waals surface area contributed by atoms with Gasteiger partial charge in [-0.05, 0) is 57.5 Å². The monoisotopic (exact) mass is 593 g/mol. The molecule has 2 aromatic heterocycles. The fourth-order valence-electron chi connectivity index (χ4n) is 4.24. The SMILES string of the molecule is CCN(CC)C(=O)c1sc(NC(=O)c2cc(-c3ccc(C)cc3)nc3ccc(Br)cc23)c(C(=O)OC)c1C. The number of nitrogens with zero attached hydrogens (tertiary/aromatic N) is 2. The highest BCUT2D eigenvalue weighted by atomic mass is 79.9. The van der Waals surface area contributed by atoms with Crippen molar-refractivity contribution >= 4 is 61.0 Å². The Labute approximate surface area is 234 Å². The number of pyridine rings is 1. The standard InChI is InChI=1S/C29H28BrN3O4S/c1-6-33(7-2)28(35)25-17(4)24(29(36)37-5)27(38-25)32-26(34)21-15-23(18-10-8-16(3)9-11-18)31-22-13-12-19(30)14-20(21)22/h8-15H,6-7H2,1-5H3,(H,32,34). The maximum absolute atomic E-state index is 13.8. The van der Waals surface area contributed by atoms with Gasteiger partial charge in [-0.1, -0.05) is 45.8 Å². The number of fused-ring (bicyclic) bond motifs is 1. The molecule has 0 spiro atoms. The molecule has 0 saturated carbocycles. The Morgan fingerprint density at radius 2 is 1.71 bits per heavy atom. The summed E-state index contributed by atoms with van der Waals surface area (Å²) in [6.45, 7) is 8.56. The second-order valence-electron chi connectivity index (χ2n) is 8.77. The molecule has 2 heterocycles. The number of esters is 1. The molecule has 2 amide bonds. The number of methoxy groups -OCH3 is 1. The van der Waals surface area contributed by atoms with Gasteiger partial charge in [0.15, 0.2) is 0 Å². The molecule has 4 rings (SSSR count). The summed E-state index contributed by atoms with van der Waals surface area (Å²) >= 11 is 4.57. The number of thiophene rings is 1. The van der Waals surface area contributed by atoms with Crippen LogP contribution in [0.2, 0.25) is 0 Å². The molecule has 0 bridgehead atoms. The van der Waals surface area contributed by atoms with Crippen LogP contribution in [0.15, 0.2) is 53.0 Å². The van der Waals surface area contributed by atoms with Gasteiger partial charge in [0.2, 0.25) is 0 Å². The number of anilines is 1. The molecule has 0 aliphatic heterocycles. The van der Waals surface area contributed by atoms with Crippen LogP contribution in [0.25, 0.3) is 22.2 Å². The number of halogens is 1. The molecule has 0 aliphatic rings. The largest absolute Gasteiger partial charge is 0.465 e. The van der Waals surface area contributed by atoms with Crippen LogP contribution in [0.5, 0.6) is 0 Å². The number of hydrogen-bond donors (Lipinski definition) is 1. The first kappa shape index (κ1) is 27.5. The van der Waals surface area contributed by atoms with Gasteiger partial charge < -0.3 is 15.0 Å². The zero-order chi connectivity index (χ0) is 27.6. The van der Waals surface area contributed by atoms with Crippen LogP contribution in [0, 0.1) is 13.8 Å². The van der Waals surface area contributed by atoms with Crippen molar-refractivity contribution in [3.8, 4) is 11.3 Å². The van der Waals surface area contributed by atoms with Gasteiger partial charge >= 0.3 is 5.97 Å². The fraction of sp³-hybridized carbons (Fsp3) is 0.241. The lowest BCUT2D eigenvalue weighted by atomic mass is 10.0. The smallest absolute Gasteiger partial charge is 0.341 e. The summed E-state index contributed by atoms with van der Waals surface area (Å²) in [6.07, 6.45) is 0. The van der Waals surface area contributed by atoms with E-state index in [2.05, 4.69) is 21.2 Å². The second kappa shape index (κ2) is 11.4. The van der Waals surface area contributed by atoms with E-state index in [0.29, 0.717) is 45.7 Å². The molecule has 196 valence electrons. The minimum Gasteiger partial charge on any atom is -0.465 e. The van der Waals surface area contributed by atoms with Crippen molar-refractivity contribution in [3.63, 3.8) is 0 Å². The Hall–Kier alpha value is -3.56. The Morgan fingerprint density at radius 3 is 2.34 bits per heavy atom. The maximum atomic E-state index is 13.8. The van der Waals surface area contributed by atoms with Crippen molar-refractivity contribution in [2.45, 2.75) is 27.7 Å². The van der Waals surface area contributed by atoms with Gasteiger partial charge in [0.25, 0.3) is 11.8 Å². The Balaban J connectivity index is 1.83. The van der Waals surface area contributed by atoms with E-state index in [1.807, 2.05) is 63.2 Å². The Morgan fingerprint density at radius 1 is 1.03 bits per heavy atom. The van der Waals surface area contributed by atoms with Crippen molar-refractivity contribution in [2.24, 2.45) is 0 Å². The van der Waals surface area contributed by atoms with Crippen LogP contribution in [0.4, 0.5) is 5.00 Å². The Kier molecular flexibility index (Phi) is 8.28. The highest BCUT2D eigenvalue weighted by Crippen LogP contribution is 2.36. The molecule has 1 N–H and O–H groups in total. The van der Waals surface area contributed by atoms with Gasteiger partial charge in [0.1, 0.15) is 5.00 Å². The van der Waals surface area contributed by atoms with E-state index in [1.165, 1.54) is 7.11 Å². The number of carbonyl (C=O) groups excluding carboxylic acids is 3. The number of ether oxygens (including phenoxy) is 1. The average Bonchev–Trinajstić information content (AvgIpc) is 3.23. The minimum atomic E-state index is -0.615. The average molecular weight is 595 g/mol. The van der Waals surface area contributed by atoms with Gasteiger partial charge in [-0.3, -0.25) is 9.59 Å². The summed E-state index contributed by atoms with van der Waals surface area (Å²) in [5.74, 6) is -1.23. The third-order valence-electron chi connectivity index (χ3n) is 6.37. The maximum Gasteiger partial charge on any atom is 0.341 e. The predicted octanol–water partition coefficient (Wildman–Crippen LogP) is 6.86. The molecule has 0 radical (unpaired) electrons. The van der Waals surface area contributed by atoms with Crippen LogP contribution >= 0.6 is 27.3 Å². The van der Waals surface area contributed by atoms with E-state index in [1.54, 1.807) is 17.9 Å². The van der Waals surface area contributed by atoms with Crippen LogP contribution in [-0.4, -0.2) is 47.9 Å². The normalized spacial score (nSPS) is 10.9. The highest BCUT2D eigenvalue weighted by Gasteiger charge is 2.28. The molecule has 0 aliphatic carbocycles. The summed E-state index contributed by atoms with van der Waals surface area (Å²) < 4.78 is 5.80. The molecule has 38 heavy (non-hydrogen) atoms. The van der Waals surface area contributed by atoms with Gasteiger partial charge in [-0.2, -0.15) is 0 Å². The third-order valence-corrected chi connectivity index (χ3v) is 8.06. The van der Waals surface area contributed by atoms with Gasteiger partial charge in [-0.15, -0.1) is 11.3 Å². The van der Waals surface area contributed by atoms with E-state index < -0.39 is 11.9 Å². The number of benzene rings is 2. The van der Waals surface area contributed by atoms with E-state index in [4.69, 9.17) is 9.72 Å². The van der Waals surface area contributed by atoms with E-state index in [0.717, 1.165) is 26.9 Å². The summed E-state index contributed by atoms with van der Waals surface area (Å²) in [5, 5.41) is 3.82. The lowest BCUT2D eigenvalue weighted by Crippen LogP contribution is -2.30. The molecule has 0 unspecified atom stereocenters. The van der Waals surface area contributed by atoms with Crippen molar-refractivity contribution < 1.29 is 19.1 Å². The summed E-state index contributed by atoms with van der Waals surface area (Å²) in [4.78, 5) is 46.5. The zero-order valence-electron chi connectivity index (χ0n) is 21.8. The third kappa shape index (κ3) is 5.35. The van der Waals surface area contributed by atoms with Crippen LogP contribution in [0.1, 0.15) is 55.4 Å². The van der Waals surface area contributed by atoms with Gasteiger partial charge in [-0.25, -0.2) is 9.78 Å². The van der Waals surface area contributed by atoms with Crippen molar-refractivity contribution in [2.75, 3.05) is 25.5 Å². The quantitative estimate of drug-likeness (QED) is 0.236. The van der Waals surface area contributed by atoms with E-state index >= 15 is 0 Å². The van der Waals surface area contributed by atoms with Gasteiger partial charge in [0, 0.05) is 28.5 Å². The number of aromatic nitrogens is 1. The molecule has 9 heteroatoms. The number of aryl methyl sites for hydroxylation is 1. The second-order valence-corrected chi connectivity index (χ2v) is 10.7. The fourth-order valence-corrected chi connectivity index (χ4v) is 5.76. The predicted molar refractivity (Wildman–Crippen MR) is 155 cm³/mol. The molecule has 0 atom stereocenters. The zero-order valence-corrected chi connectivity index (χ0v) is 24.2. The summed E-state index contributed by atoms with van der Waals surface area (Å²) in [5.41, 5.74) is 4.36. The summed E-state index contributed by atoms with van der Waals surface area (Å²) in [7, 11) is 1.28. The topological polar surface area (TPSA) is 88.6 Å². The number of carbonyl (C=O) groups is 3. The molecule has 0 saturated heterocycles. The summed E-state index contributed by atoms with van der Waals surface area (Å²) in [6, 6.07) is 15.2. The molecule has 2 aromatic carbocycles. The van der Waals surface area contributed by atoms with E-state index in [9.17, 15) is 14.4 Å². The van der Waals surface area contributed by atoms with E-state index in [-0.39, 0.29) is 16.5 Å². The first-order valence-electron chi connectivity index (χ1n) is 12.2. The minimum absolute atomic E-state index is 0.180. The molecular formula is C29H28BrN3O4S. The number of nitrogens with one attached hydrogen (secondary N) is 1. The molecule has 0 fully saturated rings. The van der Waals surface area contributed by atoms with Crippen LogP contribution in [-0.2, 0) is 4.74 Å². The molecule has 4 aromatic rings. The lowest BCUT2D eigenvalue weighted by Gasteiger charge is -2.17. The number of rotatable bonds is 7. The first-order valence-corrected chi connectivity index (χ1v) is 13.8. The number of amides is 2. The van der Waals surface area contributed by atoms with Crippen molar-refractivity contribution in [3.05, 3.63) is 80.1 Å². The number of hydrogen-bond acceptors (Lipinski definition) is 6. The highest BCUT2D eigenvalue weighted by molar-refractivity contribution is 9.10. The lowest BCUT2D eigenvalue weighted by molar-refractivity contribution is 0.0601. The first-order chi connectivity index (χ1) is 18.2. The van der Waals surface area contributed by atoms with Crippen molar-refractivity contribution in [1.29, 1.82) is 0 Å². The molecular weight excluding hydrogens is 566 g/mol. The van der Waals surface area contributed by atoms with Crippen molar-refractivity contribution in [1.82, 2.24) is 9.88 Å². The van der Waals surface area contributed by atoms with Crippen LogP contribution in [0.3, 0.4) is 0 Å². The van der Waals surface area contributed by atoms with Gasteiger partial charge in [0.05, 0.1) is 34.3 Å². The van der Waals surface area contributed by atoms with Crippen LogP contribution < -0.4 is 5.32 Å². The molecule has 7 nitrogen and oxygen atoms in total.